The fourth-order valence-corrected chi connectivity index (χ4v) is 1.98. The molecule has 102 valence electrons. The van der Waals surface area contributed by atoms with Crippen LogP contribution >= 0.6 is 0 Å². The Kier molecular flexibility index (Phi) is 4.98. The first-order valence-electron chi connectivity index (χ1n) is 6.22. The first-order chi connectivity index (χ1) is 8.79. The molecule has 1 aliphatic rings. The van der Waals surface area contributed by atoms with Gasteiger partial charge in [0.1, 0.15) is 0 Å². The Bertz CT molecular complexity index is 509. The molecular weight excluding hydrogens is 242 g/mol. The molecule has 0 radical (unpaired) electrons. The molecule has 0 aromatic carbocycles. The van der Waals surface area contributed by atoms with Crippen LogP contribution in [0.25, 0.3) is 0 Å². The number of hydrogen-bond acceptors (Lipinski definition) is 4. The molecule has 0 aliphatic heterocycles. The molecule has 19 heavy (non-hydrogen) atoms. The predicted molar refractivity (Wildman–Crippen MR) is 73.5 cm³/mol. The van der Waals surface area contributed by atoms with E-state index in [0.717, 1.165) is 5.70 Å². The first kappa shape index (κ1) is 15.1. The Morgan fingerprint density at radius 3 is 2.47 bits per heavy atom. The minimum Gasteiger partial charge on any atom is -0.386 e. The highest BCUT2D eigenvalue weighted by molar-refractivity contribution is 6.19. The van der Waals surface area contributed by atoms with Crippen LogP contribution in [0, 0.1) is 0 Å². The molecule has 1 aliphatic carbocycles. The van der Waals surface area contributed by atoms with Gasteiger partial charge in [-0.3, -0.25) is 14.4 Å². The highest BCUT2D eigenvalue weighted by Gasteiger charge is 2.19. The first-order valence-corrected chi connectivity index (χ1v) is 6.22. The Morgan fingerprint density at radius 1 is 1.26 bits per heavy atom. The second-order valence-corrected chi connectivity index (χ2v) is 4.91. The molecule has 0 aromatic heterocycles. The highest BCUT2D eigenvalue weighted by atomic mass is 16.1. The van der Waals surface area contributed by atoms with Crippen molar-refractivity contribution in [3.8, 4) is 0 Å². The Balaban J connectivity index is 2.66. The zero-order chi connectivity index (χ0) is 14.6. The van der Waals surface area contributed by atoms with Gasteiger partial charge in [0.05, 0.1) is 0 Å². The normalized spacial score (nSPS) is 17.8. The van der Waals surface area contributed by atoms with Gasteiger partial charge in [0, 0.05) is 22.9 Å². The van der Waals surface area contributed by atoms with Gasteiger partial charge in [-0.15, -0.1) is 0 Å². The van der Waals surface area contributed by atoms with E-state index in [1.807, 2.05) is 6.92 Å². The summed E-state index contributed by atoms with van der Waals surface area (Å²) in [7, 11) is 0. The Morgan fingerprint density at radius 2 is 1.89 bits per heavy atom. The van der Waals surface area contributed by atoms with E-state index < -0.39 is 0 Å². The number of nitrogens with one attached hydrogen (secondary N) is 1. The van der Waals surface area contributed by atoms with Crippen molar-refractivity contribution in [3.63, 3.8) is 0 Å². The van der Waals surface area contributed by atoms with Crippen LogP contribution in [-0.2, 0) is 14.4 Å². The minimum absolute atomic E-state index is 0.0228. The molecule has 0 heterocycles. The van der Waals surface area contributed by atoms with Crippen LogP contribution < -0.4 is 5.32 Å². The second-order valence-electron chi connectivity index (χ2n) is 4.91. The molecule has 0 amide bonds. The zero-order valence-electron chi connectivity index (χ0n) is 11.7. The summed E-state index contributed by atoms with van der Waals surface area (Å²) in [4.78, 5) is 34.2. The van der Waals surface area contributed by atoms with Gasteiger partial charge in [-0.25, -0.2) is 0 Å². The van der Waals surface area contributed by atoms with E-state index in [0.29, 0.717) is 17.6 Å². The third-order valence-electron chi connectivity index (χ3n) is 2.78. The topological polar surface area (TPSA) is 63.2 Å². The van der Waals surface area contributed by atoms with Gasteiger partial charge in [-0.2, -0.15) is 0 Å². The number of carbonyl (C=O) groups excluding carboxylic acids is 3. The average Bonchev–Trinajstić information content (AvgIpc) is 2.24. The lowest BCUT2D eigenvalue weighted by molar-refractivity contribution is -0.115. The summed E-state index contributed by atoms with van der Waals surface area (Å²) >= 11 is 0. The molecule has 1 rings (SSSR count). The molecule has 0 saturated heterocycles. The molecule has 0 fully saturated rings. The SMILES string of the molecule is CC(=O)/C=C(\C)NC(C)CC1=CC(=O)C(C)=CC1=O. The lowest BCUT2D eigenvalue weighted by Crippen LogP contribution is -2.27. The standard InChI is InChI=1S/C15H19NO3/c1-9-5-15(19)13(8-14(9)18)7-11(3)16-10(2)6-12(4)17/h5-6,8,11,16H,7H2,1-4H3/b10-6+. The molecule has 4 nitrogen and oxygen atoms in total. The van der Waals surface area contributed by atoms with E-state index >= 15 is 0 Å². The van der Waals surface area contributed by atoms with Crippen LogP contribution in [0.1, 0.15) is 34.1 Å². The predicted octanol–water partition coefficient (Wildman–Crippen LogP) is 1.87. The maximum atomic E-state index is 11.8. The van der Waals surface area contributed by atoms with Gasteiger partial charge in [-0.1, -0.05) is 0 Å². The molecule has 0 saturated carbocycles. The van der Waals surface area contributed by atoms with Gasteiger partial charge in [-0.05, 0) is 52.3 Å². The molecule has 1 atom stereocenters. The summed E-state index contributed by atoms with van der Waals surface area (Å²) < 4.78 is 0. The van der Waals surface area contributed by atoms with Crippen LogP contribution in [0.15, 0.2) is 35.1 Å². The van der Waals surface area contributed by atoms with E-state index in [-0.39, 0.29) is 23.4 Å². The van der Waals surface area contributed by atoms with Crippen molar-refractivity contribution in [2.75, 3.05) is 0 Å². The second kappa shape index (κ2) is 6.27. The van der Waals surface area contributed by atoms with Crippen molar-refractivity contribution in [2.45, 2.75) is 40.2 Å². The van der Waals surface area contributed by atoms with E-state index in [1.165, 1.54) is 25.2 Å². The summed E-state index contributed by atoms with van der Waals surface area (Å²) in [5.41, 5.74) is 1.73. The van der Waals surface area contributed by atoms with Crippen molar-refractivity contribution < 1.29 is 14.4 Å². The average molecular weight is 261 g/mol. The van der Waals surface area contributed by atoms with E-state index in [9.17, 15) is 14.4 Å². The van der Waals surface area contributed by atoms with Gasteiger partial charge in [0.25, 0.3) is 0 Å². The summed E-state index contributed by atoms with van der Waals surface area (Å²) in [6.45, 7) is 6.82. The van der Waals surface area contributed by atoms with Gasteiger partial charge < -0.3 is 5.32 Å². The smallest absolute Gasteiger partial charge is 0.182 e. The maximum absolute atomic E-state index is 11.8. The van der Waals surface area contributed by atoms with Gasteiger partial charge in [0.2, 0.25) is 0 Å². The number of ketones is 3. The maximum Gasteiger partial charge on any atom is 0.182 e. The van der Waals surface area contributed by atoms with E-state index in [4.69, 9.17) is 0 Å². The summed E-state index contributed by atoms with van der Waals surface area (Å²) in [6.07, 6.45) is 4.74. The molecule has 4 heteroatoms. The largest absolute Gasteiger partial charge is 0.386 e. The van der Waals surface area contributed by atoms with Crippen molar-refractivity contribution in [1.29, 1.82) is 0 Å². The molecule has 0 spiro atoms. The van der Waals surface area contributed by atoms with Crippen LogP contribution in [0.3, 0.4) is 0 Å². The molecule has 0 aromatic rings. The monoisotopic (exact) mass is 261 g/mol. The molecule has 1 N–H and O–H groups in total. The van der Waals surface area contributed by atoms with Crippen LogP contribution in [0.2, 0.25) is 0 Å². The van der Waals surface area contributed by atoms with Crippen molar-refractivity contribution in [2.24, 2.45) is 0 Å². The number of carbonyl (C=O) groups is 3. The highest BCUT2D eigenvalue weighted by Crippen LogP contribution is 2.16. The Labute approximate surface area is 113 Å². The lowest BCUT2D eigenvalue weighted by Gasteiger charge is -2.17. The minimum atomic E-state index is -0.113. The fraction of sp³-hybridized carbons (Fsp3) is 0.400. The molecular formula is C15H19NO3. The fourth-order valence-electron chi connectivity index (χ4n) is 1.98. The number of hydrogen-bond donors (Lipinski definition) is 1. The lowest BCUT2D eigenvalue weighted by atomic mass is 9.94. The molecule has 0 bridgehead atoms. The summed E-state index contributed by atoms with van der Waals surface area (Å²) in [6, 6.07) is -0.0228. The zero-order valence-corrected chi connectivity index (χ0v) is 11.7. The third-order valence-corrected chi connectivity index (χ3v) is 2.78. The summed E-state index contributed by atoms with van der Waals surface area (Å²) in [5.74, 6) is -0.254. The molecule has 1 unspecified atom stereocenters. The van der Waals surface area contributed by atoms with Crippen LogP contribution in [0.5, 0.6) is 0 Å². The van der Waals surface area contributed by atoms with Gasteiger partial charge in [0.15, 0.2) is 17.3 Å². The third kappa shape index (κ3) is 4.66. The van der Waals surface area contributed by atoms with Crippen LogP contribution in [0.4, 0.5) is 0 Å². The van der Waals surface area contributed by atoms with Crippen molar-refractivity contribution in [3.05, 3.63) is 35.1 Å². The Hall–Kier alpha value is -1.97. The van der Waals surface area contributed by atoms with E-state index in [2.05, 4.69) is 5.32 Å². The van der Waals surface area contributed by atoms with Crippen LogP contribution in [-0.4, -0.2) is 23.4 Å². The summed E-state index contributed by atoms with van der Waals surface area (Å²) in [5, 5.41) is 3.12. The number of allylic oxidation sites excluding steroid dienone is 5. The van der Waals surface area contributed by atoms with Crippen molar-refractivity contribution >= 4 is 17.3 Å². The van der Waals surface area contributed by atoms with Gasteiger partial charge >= 0.3 is 0 Å². The van der Waals surface area contributed by atoms with Crippen molar-refractivity contribution in [1.82, 2.24) is 5.32 Å². The number of rotatable bonds is 5. The quantitative estimate of drug-likeness (QED) is 0.606. The van der Waals surface area contributed by atoms with E-state index in [1.54, 1.807) is 13.8 Å².